The predicted molar refractivity (Wildman–Crippen MR) is 228 cm³/mol. The van der Waals surface area contributed by atoms with E-state index < -0.39 is 144 Å². The number of rotatable bonds is 33. The molecule has 0 aliphatic carbocycles. The summed E-state index contributed by atoms with van der Waals surface area (Å²) >= 11 is 4.24. The molecule has 0 bridgehead atoms. The van der Waals surface area contributed by atoms with Crippen LogP contribution in [0.3, 0.4) is 0 Å². The van der Waals surface area contributed by atoms with E-state index in [1.807, 2.05) is 4.74 Å². The molecule has 0 spiro atoms. The van der Waals surface area contributed by atoms with E-state index >= 15 is 0 Å². The molecule has 0 aliphatic heterocycles. The third-order valence-electron chi connectivity index (χ3n) is 6.31. The summed E-state index contributed by atoms with van der Waals surface area (Å²) in [5.74, 6) is -3.77. The maximum Gasteiger partial charge on any atom is 0.495 e. The van der Waals surface area contributed by atoms with Crippen molar-refractivity contribution >= 4 is 73.3 Å². The van der Waals surface area contributed by atoms with Crippen molar-refractivity contribution in [2.24, 2.45) is 4.99 Å². The number of hydrogen-bond donors (Lipinski definition) is 3. The molecule has 462 valence electrons. The first-order valence-corrected chi connectivity index (χ1v) is 25.7. The van der Waals surface area contributed by atoms with Crippen LogP contribution in [0.2, 0.25) is 0 Å². The normalized spacial score (nSPS) is 12.5. The van der Waals surface area contributed by atoms with E-state index in [1.165, 1.54) is 19.9 Å². The second kappa shape index (κ2) is 35.4. The average Bonchev–Trinajstić information content (AvgIpc) is 3.27. The second-order valence-corrected chi connectivity index (χ2v) is 13.5. The smallest absolute Gasteiger partial charge is 0.462 e. The molecule has 0 radical (unpaired) electrons. The SMILES string of the molecule is C=C(C)C(=O)OCCCC(=O)OCC(F)(F)OC(F)(F)C(F)(F)OC(F)(F)OC(F)(F)COC(=O)NCCOC(=O)C(=C)C.C=C(C)C(=O)OCCN=C=O.II.OCC(F)(F)OC(F)(F)OC(F)(F)C(F)(F)OC(F)(F)CO. The highest BCUT2D eigenvalue weighted by Gasteiger charge is 2.70. The lowest BCUT2D eigenvalue weighted by Crippen LogP contribution is -2.54. The van der Waals surface area contributed by atoms with Crippen LogP contribution in [0.25, 0.3) is 0 Å². The molecule has 0 aromatic heterocycles. The average molecular weight is 1440 g/mol. The number of alkyl carbamates (subject to hydrolysis) is 1. The van der Waals surface area contributed by atoms with Gasteiger partial charge in [0.2, 0.25) is 6.08 Å². The number of aliphatic hydroxyl groups excluding tert-OH is 2. The van der Waals surface area contributed by atoms with Crippen molar-refractivity contribution in [3.05, 3.63) is 36.5 Å². The molecule has 0 atom stereocenters. The highest BCUT2D eigenvalue weighted by Crippen LogP contribution is 2.46. The number of aliphatic imine (C=N–C) groups is 1. The molecule has 0 rings (SSSR count). The van der Waals surface area contributed by atoms with E-state index in [4.69, 9.17) is 10.2 Å². The number of nitrogens with zero attached hydrogens (tertiary/aromatic N) is 1. The van der Waals surface area contributed by atoms with Crippen LogP contribution in [0.5, 0.6) is 0 Å². The highest BCUT2D eigenvalue weighted by molar-refractivity contribution is 15.0. The van der Waals surface area contributed by atoms with Crippen LogP contribution in [-0.4, -0.2) is 167 Å². The molecule has 0 unspecified atom stereocenters. The number of ether oxygens (including phenoxy) is 11. The predicted octanol–water partition coefficient (Wildman–Crippen LogP) is 8.40. The molecule has 79 heavy (non-hydrogen) atoms. The molecule has 0 aromatic carbocycles. The summed E-state index contributed by atoms with van der Waals surface area (Å²) in [6, 6.07) is 0. The molecule has 21 nitrogen and oxygen atoms in total. The lowest BCUT2D eigenvalue weighted by molar-refractivity contribution is -0.566. The van der Waals surface area contributed by atoms with E-state index in [2.05, 4.69) is 109 Å². The topological polar surface area (TPSA) is 269 Å². The number of nitrogens with one attached hydrogen (secondary N) is 1. The van der Waals surface area contributed by atoms with Gasteiger partial charge in [0.1, 0.15) is 26.4 Å². The number of isocyanates is 1. The summed E-state index contributed by atoms with van der Waals surface area (Å²) in [4.78, 5) is 68.2. The monoisotopic (exact) mass is 1440 g/mol. The zero-order valence-corrected chi connectivity index (χ0v) is 43.8. The van der Waals surface area contributed by atoms with Gasteiger partial charge >= 0.3 is 91.4 Å². The van der Waals surface area contributed by atoms with Gasteiger partial charge in [0.05, 0.1) is 19.7 Å². The van der Waals surface area contributed by atoms with E-state index in [0.717, 1.165) is 0 Å². The van der Waals surface area contributed by atoms with Crippen LogP contribution in [0.1, 0.15) is 33.6 Å². The van der Waals surface area contributed by atoms with Crippen molar-refractivity contribution < 1.29 is 179 Å². The quantitative estimate of drug-likeness (QED) is 0.00640. The number of amides is 1. The lowest BCUT2D eigenvalue weighted by atomic mass is 10.3. The molecule has 3 N–H and O–H groups in total. The van der Waals surface area contributed by atoms with Crippen molar-refractivity contribution in [2.75, 3.05) is 59.3 Å². The minimum atomic E-state index is -6.80. The van der Waals surface area contributed by atoms with Crippen LogP contribution >= 0.6 is 37.2 Å². The van der Waals surface area contributed by atoms with Gasteiger partial charge < -0.3 is 39.2 Å². The Kier molecular flexibility index (Phi) is 36.2. The summed E-state index contributed by atoms with van der Waals surface area (Å²) in [7, 11) is 0. The molecule has 43 heteroatoms. The third-order valence-corrected chi connectivity index (χ3v) is 6.31. The zero-order chi connectivity index (χ0) is 63.3. The second-order valence-electron chi connectivity index (χ2n) is 13.5. The van der Waals surface area contributed by atoms with Gasteiger partial charge in [0.25, 0.3) is 0 Å². The molecule has 0 saturated carbocycles. The summed E-state index contributed by atoms with van der Waals surface area (Å²) in [6.07, 6.45) is -61.9. The molecule has 0 aliphatic rings. The number of carbonyl (C=O) groups excluding carboxylic acids is 6. The van der Waals surface area contributed by atoms with Crippen LogP contribution in [0, 0.1) is 0 Å². The lowest BCUT2D eigenvalue weighted by Gasteiger charge is -2.31. The van der Waals surface area contributed by atoms with Gasteiger partial charge in [-0.15, -0.1) is 17.6 Å². The Morgan fingerprint density at radius 2 is 0.823 bits per heavy atom. The minimum Gasteiger partial charge on any atom is -0.462 e. The number of aliphatic hydroxyl groups is 2. The van der Waals surface area contributed by atoms with E-state index in [1.54, 1.807) is 12.2 Å². The minimum absolute atomic E-state index is 0.0174. The number of esters is 4. The summed E-state index contributed by atoms with van der Waals surface area (Å²) in [5, 5.41) is 17.4. The first kappa shape index (κ1) is 81.0. The van der Waals surface area contributed by atoms with Crippen molar-refractivity contribution in [1.82, 2.24) is 5.32 Å². The van der Waals surface area contributed by atoms with Crippen LogP contribution in [0.4, 0.5) is 92.6 Å². The van der Waals surface area contributed by atoms with E-state index in [0.29, 0.717) is 5.57 Å². The molecule has 1 amide bonds. The first-order valence-electron chi connectivity index (χ1n) is 19.4. The molecule has 0 saturated heterocycles. The molecular formula is C36H40F20I2N2O19. The van der Waals surface area contributed by atoms with Crippen molar-refractivity contribution in [2.45, 2.75) is 95.1 Å². The first-order chi connectivity index (χ1) is 35.5. The molecular weight excluding hydrogens is 1400 g/mol. The fourth-order valence-electron chi connectivity index (χ4n) is 3.14. The van der Waals surface area contributed by atoms with Gasteiger partial charge in [-0.1, -0.05) is 19.7 Å². The summed E-state index contributed by atoms with van der Waals surface area (Å²) in [6.45, 7) is 2.77. The number of carbonyl (C=O) groups is 5. The van der Waals surface area contributed by atoms with Crippen molar-refractivity contribution in [1.29, 1.82) is 0 Å². The maximum atomic E-state index is 13.6. The van der Waals surface area contributed by atoms with Gasteiger partial charge in [-0.3, -0.25) is 4.79 Å². The van der Waals surface area contributed by atoms with Crippen molar-refractivity contribution in [3.63, 3.8) is 0 Å². The fraction of sp³-hybridized carbons (Fsp3) is 0.667. The Morgan fingerprint density at radius 1 is 0.494 bits per heavy atom. The zero-order valence-electron chi connectivity index (χ0n) is 39.5. The van der Waals surface area contributed by atoms with Gasteiger partial charge in [-0.05, 0) is 27.2 Å². The van der Waals surface area contributed by atoms with Crippen LogP contribution in [-0.2, 0) is 76.1 Å². The van der Waals surface area contributed by atoms with Crippen LogP contribution < -0.4 is 5.32 Å². The number of alkyl halides is 20. The summed E-state index contributed by atoms with van der Waals surface area (Å²) in [5.41, 5.74) is 0.280. The fourth-order valence-corrected chi connectivity index (χ4v) is 3.14. The number of halogens is 22. The van der Waals surface area contributed by atoms with Crippen molar-refractivity contribution in [3.8, 4) is 0 Å². The molecule has 0 aromatic rings. The van der Waals surface area contributed by atoms with E-state index in [-0.39, 0.29) is 30.7 Å². The Hall–Kier alpha value is -4.51. The van der Waals surface area contributed by atoms with E-state index in [9.17, 15) is 117 Å². The van der Waals surface area contributed by atoms with Gasteiger partial charge in [-0.2, -0.15) is 70.2 Å². The molecule has 0 fully saturated rings. The largest absolute Gasteiger partial charge is 0.495 e. The van der Waals surface area contributed by atoms with Gasteiger partial charge in [0.15, 0.2) is 13.2 Å². The Balaban J connectivity index is -0.000000659. The maximum absolute atomic E-state index is 13.6. The van der Waals surface area contributed by atoms with Gasteiger partial charge in [-0.25, -0.2) is 57.4 Å². The number of hydrogen-bond acceptors (Lipinski definition) is 20. The van der Waals surface area contributed by atoms with Gasteiger partial charge in [0, 0.05) is 60.4 Å². The van der Waals surface area contributed by atoms with Crippen LogP contribution in [0.15, 0.2) is 41.4 Å². The highest BCUT2D eigenvalue weighted by atomic mass is 128. The Bertz CT molecular complexity index is 2040. The standard InChI is InChI=1S/C22H25F10NO11.C7H6F10O5.C7H9NO3.I2/c1-12(2)15(35)38-8-5-6-14(34)40-10-18(23,24)42-20(27,28)21(29,30)44-22(31,32)43-19(25,26)11-41-17(37)33-7-9-39-16(36)13(3)4;8-3(9,1-18)20-5(12,13)6(14,15)22-7(16,17)21-4(10,11)2-19;1-6(2)7(10)11-4-3-8-5-9;1-2/h1,3,5-11H2,2,4H3,(H,33,37);18-19H,1-2H2;1,3-4H2,2H3;. The molecule has 0 heterocycles. The Labute approximate surface area is 452 Å². The summed E-state index contributed by atoms with van der Waals surface area (Å²) < 4.78 is 295. The Morgan fingerprint density at radius 3 is 1.22 bits per heavy atom. The third kappa shape index (κ3) is 37.9.